The average Bonchev–Trinajstić information content (AvgIpc) is 2.93. The van der Waals surface area contributed by atoms with Crippen LogP contribution < -0.4 is 9.03 Å². The molecule has 2 fully saturated rings. The Labute approximate surface area is 172 Å². The third-order valence-electron chi connectivity index (χ3n) is 5.32. The molecule has 1 aromatic carbocycles. The van der Waals surface area contributed by atoms with E-state index in [1.807, 2.05) is 13.8 Å². The highest BCUT2D eigenvalue weighted by Gasteiger charge is 2.37. The number of ether oxygens (including phenoxy) is 1. The van der Waals surface area contributed by atoms with Crippen LogP contribution in [0.3, 0.4) is 0 Å². The van der Waals surface area contributed by atoms with E-state index >= 15 is 0 Å². The number of amides is 1. The minimum absolute atomic E-state index is 0.0584. The molecule has 0 unspecified atom stereocenters. The summed E-state index contributed by atoms with van der Waals surface area (Å²) in [5, 5.41) is 0. The van der Waals surface area contributed by atoms with Gasteiger partial charge in [0, 0.05) is 31.6 Å². The number of carbonyl (C=O) groups excluding carboxylic acids is 1. The maximum absolute atomic E-state index is 12.9. The number of benzene rings is 1. The van der Waals surface area contributed by atoms with E-state index in [-0.39, 0.29) is 34.8 Å². The number of hydrogen-bond donors (Lipinski definition) is 1. The number of carbonyl (C=O) groups is 1. The molecule has 0 bridgehead atoms. The molecule has 11 heteroatoms. The smallest absolute Gasteiger partial charge is 0.242 e. The predicted molar refractivity (Wildman–Crippen MR) is 109 cm³/mol. The van der Waals surface area contributed by atoms with Gasteiger partial charge in [0.05, 0.1) is 29.5 Å². The van der Waals surface area contributed by atoms with E-state index in [2.05, 4.69) is 9.62 Å². The minimum Gasteiger partial charge on any atom is -0.379 e. The van der Waals surface area contributed by atoms with Crippen molar-refractivity contribution in [2.75, 3.05) is 42.9 Å². The number of sulfonamides is 2. The average molecular weight is 446 g/mol. The Hall–Kier alpha value is -1.53. The summed E-state index contributed by atoms with van der Waals surface area (Å²) < 4.78 is 58.7. The molecule has 3 rings (SSSR count). The van der Waals surface area contributed by atoms with Crippen molar-refractivity contribution in [3.63, 3.8) is 0 Å². The van der Waals surface area contributed by atoms with Gasteiger partial charge < -0.3 is 4.74 Å². The summed E-state index contributed by atoms with van der Waals surface area (Å²) in [7, 11) is -7.50. The van der Waals surface area contributed by atoms with Gasteiger partial charge >= 0.3 is 0 Å². The number of aryl methyl sites for hydroxylation is 1. The van der Waals surface area contributed by atoms with Crippen molar-refractivity contribution in [3.05, 3.63) is 23.8 Å². The summed E-state index contributed by atoms with van der Waals surface area (Å²) in [5.74, 6) is -0.742. The first-order valence-corrected chi connectivity index (χ1v) is 12.5. The van der Waals surface area contributed by atoms with Gasteiger partial charge in [0.15, 0.2) is 0 Å². The van der Waals surface area contributed by atoms with Crippen molar-refractivity contribution in [2.24, 2.45) is 0 Å². The maximum Gasteiger partial charge on any atom is 0.242 e. The van der Waals surface area contributed by atoms with Crippen molar-refractivity contribution in [2.45, 2.75) is 37.6 Å². The lowest BCUT2D eigenvalue weighted by atomic mass is 10.0. The highest BCUT2D eigenvalue weighted by atomic mass is 32.2. The van der Waals surface area contributed by atoms with Crippen LogP contribution in [0.5, 0.6) is 0 Å². The van der Waals surface area contributed by atoms with Crippen molar-refractivity contribution in [1.82, 2.24) is 9.62 Å². The molecule has 0 spiro atoms. The molecule has 0 atom stereocenters. The Morgan fingerprint density at radius 2 is 1.86 bits per heavy atom. The minimum atomic E-state index is -3.81. The van der Waals surface area contributed by atoms with Crippen LogP contribution >= 0.6 is 0 Å². The van der Waals surface area contributed by atoms with E-state index in [9.17, 15) is 21.6 Å². The van der Waals surface area contributed by atoms with Crippen LogP contribution in [-0.2, 0) is 29.6 Å². The largest absolute Gasteiger partial charge is 0.379 e. The molecule has 162 valence electrons. The van der Waals surface area contributed by atoms with Crippen LogP contribution in [-0.4, -0.2) is 71.8 Å². The van der Waals surface area contributed by atoms with Gasteiger partial charge in [-0.05, 0) is 44.5 Å². The van der Waals surface area contributed by atoms with Crippen LogP contribution in [0.4, 0.5) is 5.69 Å². The summed E-state index contributed by atoms with van der Waals surface area (Å²) in [6.45, 7) is 8.46. The zero-order valence-electron chi connectivity index (χ0n) is 16.8. The number of anilines is 1. The molecule has 9 nitrogen and oxygen atoms in total. The first-order chi connectivity index (χ1) is 13.4. The standard InChI is InChI=1S/C18H27N3O6S2/c1-14-12-15(21-17(22)6-11-28(21,23)24)4-5-16(14)29(25,26)19-13-18(2,3)20-7-9-27-10-8-20/h4-5,12,19H,6-11,13H2,1-3H3. The Morgan fingerprint density at radius 3 is 2.41 bits per heavy atom. The van der Waals surface area contributed by atoms with E-state index in [0.717, 1.165) is 17.4 Å². The van der Waals surface area contributed by atoms with Crippen molar-refractivity contribution >= 4 is 31.6 Å². The fourth-order valence-corrected chi connectivity index (χ4v) is 6.44. The maximum atomic E-state index is 12.9. The quantitative estimate of drug-likeness (QED) is 0.676. The number of rotatable bonds is 6. The first-order valence-electron chi connectivity index (χ1n) is 9.43. The Bertz CT molecular complexity index is 998. The lowest BCUT2D eigenvalue weighted by Gasteiger charge is -2.40. The summed E-state index contributed by atoms with van der Waals surface area (Å²) in [6.07, 6.45) is -0.0698. The molecular weight excluding hydrogens is 418 g/mol. The molecule has 1 aromatic rings. The van der Waals surface area contributed by atoms with E-state index in [4.69, 9.17) is 4.74 Å². The molecule has 2 aliphatic heterocycles. The number of nitrogens with zero attached hydrogens (tertiary/aromatic N) is 2. The number of hydrogen-bond acceptors (Lipinski definition) is 7. The fraction of sp³-hybridized carbons (Fsp3) is 0.611. The normalized spacial score (nSPS) is 20.9. The second kappa shape index (κ2) is 7.95. The van der Waals surface area contributed by atoms with Crippen LogP contribution in [0.1, 0.15) is 25.8 Å². The highest BCUT2D eigenvalue weighted by Crippen LogP contribution is 2.28. The Kier molecular flexibility index (Phi) is 6.08. The molecule has 0 aromatic heterocycles. The second-order valence-corrected chi connectivity index (χ2v) is 11.6. The van der Waals surface area contributed by atoms with E-state index in [0.29, 0.717) is 18.8 Å². The Balaban J connectivity index is 1.78. The Morgan fingerprint density at radius 1 is 1.21 bits per heavy atom. The van der Waals surface area contributed by atoms with E-state index in [1.54, 1.807) is 6.92 Å². The zero-order valence-corrected chi connectivity index (χ0v) is 18.5. The van der Waals surface area contributed by atoms with Crippen LogP contribution in [0.25, 0.3) is 0 Å². The molecule has 1 N–H and O–H groups in total. The summed E-state index contributed by atoms with van der Waals surface area (Å²) >= 11 is 0. The first kappa shape index (κ1) is 22.2. The third kappa shape index (κ3) is 4.64. The van der Waals surface area contributed by atoms with Crippen molar-refractivity contribution < 1.29 is 26.4 Å². The SMILES string of the molecule is Cc1cc(N2C(=O)CCS2(=O)=O)ccc1S(=O)(=O)NCC(C)(C)N1CCOCC1. The van der Waals surface area contributed by atoms with Crippen LogP contribution in [0.15, 0.2) is 23.1 Å². The van der Waals surface area contributed by atoms with Gasteiger partial charge in [-0.3, -0.25) is 9.69 Å². The van der Waals surface area contributed by atoms with Gasteiger partial charge in [-0.25, -0.2) is 25.9 Å². The highest BCUT2D eigenvalue weighted by molar-refractivity contribution is 7.94. The van der Waals surface area contributed by atoms with Gasteiger partial charge in [0.25, 0.3) is 0 Å². The van der Waals surface area contributed by atoms with Gasteiger partial charge in [-0.1, -0.05) is 0 Å². The molecule has 0 saturated carbocycles. The predicted octanol–water partition coefficient (Wildman–Crippen LogP) is 0.451. The van der Waals surface area contributed by atoms with E-state index < -0.39 is 26.0 Å². The molecule has 2 heterocycles. The van der Waals surface area contributed by atoms with Crippen molar-refractivity contribution in [1.29, 1.82) is 0 Å². The summed E-state index contributed by atoms with van der Waals surface area (Å²) in [4.78, 5) is 14.2. The van der Waals surface area contributed by atoms with E-state index in [1.165, 1.54) is 18.2 Å². The van der Waals surface area contributed by atoms with Crippen LogP contribution in [0.2, 0.25) is 0 Å². The molecule has 0 radical (unpaired) electrons. The topological polar surface area (TPSA) is 113 Å². The fourth-order valence-electron chi connectivity index (χ4n) is 3.56. The zero-order chi connectivity index (χ0) is 21.4. The molecule has 1 amide bonds. The molecule has 0 aliphatic carbocycles. The van der Waals surface area contributed by atoms with Crippen LogP contribution in [0, 0.1) is 6.92 Å². The third-order valence-corrected chi connectivity index (χ3v) is 8.58. The number of morpholine rings is 1. The van der Waals surface area contributed by atoms with Gasteiger partial charge in [0.2, 0.25) is 26.0 Å². The molecule has 2 aliphatic rings. The number of nitrogens with one attached hydrogen (secondary N) is 1. The summed E-state index contributed by atoms with van der Waals surface area (Å²) in [6, 6.07) is 4.12. The summed E-state index contributed by atoms with van der Waals surface area (Å²) in [5.41, 5.74) is 0.146. The van der Waals surface area contributed by atoms with Gasteiger partial charge in [0.1, 0.15) is 0 Å². The lowest BCUT2D eigenvalue weighted by Crippen LogP contribution is -2.55. The monoisotopic (exact) mass is 445 g/mol. The van der Waals surface area contributed by atoms with Gasteiger partial charge in [-0.15, -0.1) is 0 Å². The van der Waals surface area contributed by atoms with Crippen molar-refractivity contribution in [3.8, 4) is 0 Å². The molecule has 2 saturated heterocycles. The lowest BCUT2D eigenvalue weighted by molar-refractivity contribution is -0.116. The van der Waals surface area contributed by atoms with Gasteiger partial charge in [-0.2, -0.15) is 0 Å². The second-order valence-electron chi connectivity index (χ2n) is 7.91. The molecule has 29 heavy (non-hydrogen) atoms. The molecular formula is C18H27N3O6S2.